The van der Waals surface area contributed by atoms with Crippen LogP contribution in [0.3, 0.4) is 0 Å². The van der Waals surface area contributed by atoms with Gasteiger partial charge in [-0.15, -0.1) is 0 Å². The van der Waals surface area contributed by atoms with Crippen molar-refractivity contribution in [2.24, 2.45) is 5.92 Å². The molecule has 0 aliphatic rings. The molecule has 1 unspecified atom stereocenters. The van der Waals surface area contributed by atoms with E-state index in [0.717, 1.165) is 128 Å². The standard InChI is InChI=1S/C57H76O11/c1-5-8-25-44(4)55(61)66-40-23-15-9-10-16-24-41-67-57(63)51-42-46(43-52(59)47-31-28-45(29-32-47)26-19-13-11-18-22-39-65-54(60)7-3)30-37-53(51)68-56(62)48-33-35-50(36-34-48)64-38-21-17-12-14-20-27-49(58)6-2/h6-7,28-37,42,44H,2-3,5,8-27,38-41,43H2,1,4H3. The van der Waals surface area contributed by atoms with E-state index in [-0.39, 0.29) is 53.4 Å². The van der Waals surface area contributed by atoms with Gasteiger partial charge in [0.1, 0.15) is 17.1 Å². The molecule has 0 aliphatic heterocycles. The van der Waals surface area contributed by atoms with Gasteiger partial charge in [-0.3, -0.25) is 14.4 Å². The largest absolute Gasteiger partial charge is 0.494 e. The third kappa shape index (κ3) is 23.7. The first-order valence-electron chi connectivity index (χ1n) is 25.0. The minimum Gasteiger partial charge on any atom is -0.494 e. The van der Waals surface area contributed by atoms with Crippen LogP contribution >= 0.6 is 0 Å². The lowest BCUT2D eigenvalue weighted by atomic mass is 9.98. The third-order valence-electron chi connectivity index (χ3n) is 11.7. The molecule has 0 saturated carbocycles. The molecule has 1 atom stereocenters. The number of allylic oxidation sites excluding steroid dienone is 1. The Morgan fingerprint density at radius 3 is 1.75 bits per heavy atom. The summed E-state index contributed by atoms with van der Waals surface area (Å²) in [5.74, 6) is -1.26. The molecule has 11 heteroatoms. The van der Waals surface area contributed by atoms with E-state index in [1.54, 1.807) is 36.4 Å². The van der Waals surface area contributed by atoms with Crippen molar-refractivity contribution in [2.45, 2.75) is 155 Å². The van der Waals surface area contributed by atoms with Crippen LogP contribution in [0.25, 0.3) is 0 Å². The fraction of sp³-hybridized carbons (Fsp3) is 0.509. The van der Waals surface area contributed by atoms with E-state index in [1.807, 2.05) is 31.2 Å². The number of carbonyl (C=O) groups excluding carboxylic acids is 6. The minimum atomic E-state index is -0.656. The summed E-state index contributed by atoms with van der Waals surface area (Å²) in [5.41, 5.74) is 2.61. The molecule has 0 radical (unpaired) electrons. The summed E-state index contributed by atoms with van der Waals surface area (Å²) in [6.07, 6.45) is 21.8. The lowest BCUT2D eigenvalue weighted by molar-refractivity contribution is -0.148. The smallest absolute Gasteiger partial charge is 0.343 e. The highest BCUT2D eigenvalue weighted by atomic mass is 16.6. The van der Waals surface area contributed by atoms with Crippen molar-refractivity contribution in [2.75, 3.05) is 26.4 Å². The van der Waals surface area contributed by atoms with Crippen molar-refractivity contribution in [1.29, 1.82) is 0 Å². The topological polar surface area (TPSA) is 149 Å². The average Bonchev–Trinajstić information content (AvgIpc) is 3.35. The molecule has 0 spiro atoms. The zero-order chi connectivity index (χ0) is 49.2. The molecule has 68 heavy (non-hydrogen) atoms. The molecule has 0 aromatic heterocycles. The Kier molecular flexibility index (Phi) is 28.6. The maximum atomic E-state index is 13.6. The number of ether oxygens (including phenoxy) is 5. The zero-order valence-corrected chi connectivity index (χ0v) is 40.9. The maximum Gasteiger partial charge on any atom is 0.343 e. The number of ketones is 2. The van der Waals surface area contributed by atoms with Gasteiger partial charge in [-0.25, -0.2) is 14.4 Å². The SMILES string of the molecule is C=CC(=O)CCCCCCCOc1ccc(C(=O)Oc2ccc(CC(=O)c3ccc(CCCCCCCOC(=O)C=C)cc3)cc2C(=O)OCCCCCCCCOC(=O)C(C)CCCC)cc1. The van der Waals surface area contributed by atoms with Crippen LogP contribution in [0, 0.1) is 5.92 Å². The number of rotatable bonds is 38. The summed E-state index contributed by atoms with van der Waals surface area (Å²) in [4.78, 5) is 75.1. The lowest BCUT2D eigenvalue weighted by Gasteiger charge is -2.13. The van der Waals surface area contributed by atoms with Gasteiger partial charge in [-0.05, 0) is 105 Å². The van der Waals surface area contributed by atoms with Gasteiger partial charge >= 0.3 is 23.9 Å². The number of hydrogen-bond donors (Lipinski definition) is 0. The van der Waals surface area contributed by atoms with Crippen molar-refractivity contribution >= 4 is 35.4 Å². The first kappa shape index (κ1) is 56.5. The van der Waals surface area contributed by atoms with Crippen molar-refractivity contribution in [3.05, 3.63) is 120 Å². The van der Waals surface area contributed by atoms with E-state index >= 15 is 0 Å². The fourth-order valence-electron chi connectivity index (χ4n) is 7.44. The van der Waals surface area contributed by atoms with Crippen LogP contribution in [-0.4, -0.2) is 61.9 Å². The molecule has 0 saturated heterocycles. The van der Waals surface area contributed by atoms with Crippen LogP contribution in [0.1, 0.15) is 184 Å². The summed E-state index contributed by atoms with van der Waals surface area (Å²) in [6, 6.07) is 19.0. The van der Waals surface area contributed by atoms with Gasteiger partial charge in [0, 0.05) is 24.5 Å². The number of benzene rings is 3. The number of hydrogen-bond acceptors (Lipinski definition) is 11. The van der Waals surface area contributed by atoms with Crippen molar-refractivity contribution in [3.63, 3.8) is 0 Å². The molecule has 370 valence electrons. The number of esters is 4. The molecule has 0 aliphatic carbocycles. The van der Waals surface area contributed by atoms with E-state index in [9.17, 15) is 28.8 Å². The first-order valence-corrected chi connectivity index (χ1v) is 25.0. The predicted molar refractivity (Wildman–Crippen MR) is 266 cm³/mol. The summed E-state index contributed by atoms with van der Waals surface area (Å²) in [7, 11) is 0. The van der Waals surface area contributed by atoms with Crippen LogP contribution < -0.4 is 9.47 Å². The molecular weight excluding hydrogens is 861 g/mol. The molecule has 3 rings (SSSR count). The Morgan fingerprint density at radius 1 is 0.559 bits per heavy atom. The molecule has 0 heterocycles. The van der Waals surface area contributed by atoms with Crippen LogP contribution in [0.15, 0.2) is 92.0 Å². The highest BCUT2D eigenvalue weighted by Gasteiger charge is 2.20. The normalized spacial score (nSPS) is 11.3. The highest BCUT2D eigenvalue weighted by molar-refractivity contribution is 5.99. The molecule has 3 aromatic rings. The second-order valence-electron chi connectivity index (χ2n) is 17.4. The molecule has 0 amide bonds. The lowest BCUT2D eigenvalue weighted by Crippen LogP contribution is -2.15. The summed E-state index contributed by atoms with van der Waals surface area (Å²) in [6.45, 7) is 12.5. The van der Waals surface area contributed by atoms with E-state index in [2.05, 4.69) is 20.1 Å². The predicted octanol–water partition coefficient (Wildman–Crippen LogP) is 12.9. The summed E-state index contributed by atoms with van der Waals surface area (Å²) >= 11 is 0. The molecule has 0 fully saturated rings. The number of carbonyl (C=O) groups is 6. The van der Waals surface area contributed by atoms with E-state index in [4.69, 9.17) is 23.7 Å². The van der Waals surface area contributed by atoms with Crippen LogP contribution in [0.4, 0.5) is 0 Å². The Labute approximate surface area is 405 Å². The second kappa shape index (κ2) is 34.4. The number of unbranched alkanes of at least 4 members (excludes halogenated alkanes) is 14. The monoisotopic (exact) mass is 937 g/mol. The van der Waals surface area contributed by atoms with Gasteiger partial charge < -0.3 is 23.7 Å². The van der Waals surface area contributed by atoms with Crippen LogP contribution in [0.2, 0.25) is 0 Å². The van der Waals surface area contributed by atoms with Gasteiger partial charge in [-0.1, -0.05) is 134 Å². The fourth-order valence-corrected chi connectivity index (χ4v) is 7.44. The van der Waals surface area contributed by atoms with Gasteiger partial charge in [0.05, 0.1) is 37.9 Å². The van der Waals surface area contributed by atoms with Gasteiger partial charge in [-0.2, -0.15) is 0 Å². The average molecular weight is 937 g/mol. The number of Topliss-reactive ketones (excluding diaryl/α,β-unsaturated/α-hetero) is 1. The minimum absolute atomic E-state index is 0.0330. The number of aryl methyl sites for hydroxylation is 1. The Hall–Kier alpha value is -5.84. The summed E-state index contributed by atoms with van der Waals surface area (Å²) < 4.78 is 27.8. The van der Waals surface area contributed by atoms with Crippen LogP contribution in [0.5, 0.6) is 11.5 Å². The van der Waals surface area contributed by atoms with Crippen molar-refractivity contribution < 1.29 is 52.5 Å². The van der Waals surface area contributed by atoms with E-state index < -0.39 is 17.9 Å². The molecule has 0 N–H and O–H groups in total. The Morgan fingerprint density at radius 2 is 1.12 bits per heavy atom. The molecule has 3 aromatic carbocycles. The zero-order valence-electron chi connectivity index (χ0n) is 40.9. The third-order valence-corrected chi connectivity index (χ3v) is 11.7. The molecular formula is C57H76O11. The van der Waals surface area contributed by atoms with E-state index in [1.165, 1.54) is 18.2 Å². The first-order chi connectivity index (χ1) is 33.0. The Balaban J connectivity index is 1.54. The van der Waals surface area contributed by atoms with Crippen LogP contribution in [-0.2, 0) is 41.4 Å². The Bertz CT molecular complexity index is 2000. The highest BCUT2D eigenvalue weighted by Crippen LogP contribution is 2.25. The van der Waals surface area contributed by atoms with Gasteiger partial charge in [0.2, 0.25) is 0 Å². The summed E-state index contributed by atoms with van der Waals surface area (Å²) in [5, 5.41) is 0. The van der Waals surface area contributed by atoms with Gasteiger partial charge in [0.25, 0.3) is 0 Å². The van der Waals surface area contributed by atoms with Crippen molar-refractivity contribution in [3.8, 4) is 11.5 Å². The van der Waals surface area contributed by atoms with Crippen molar-refractivity contribution in [1.82, 2.24) is 0 Å². The molecule has 0 bridgehead atoms. The quantitative estimate of drug-likeness (QED) is 0.0135. The van der Waals surface area contributed by atoms with Gasteiger partial charge in [0.15, 0.2) is 11.6 Å². The second-order valence-corrected chi connectivity index (χ2v) is 17.4. The molecule has 11 nitrogen and oxygen atoms in total. The maximum absolute atomic E-state index is 13.6. The van der Waals surface area contributed by atoms with E-state index in [0.29, 0.717) is 49.5 Å².